The van der Waals surface area contributed by atoms with Crippen LogP contribution >= 0.6 is 11.3 Å². The Kier molecular flexibility index (Phi) is 6.13. The number of nitrogens with zero attached hydrogens (tertiary/aromatic N) is 2. The molecule has 0 fully saturated rings. The number of pyridine rings is 2. The van der Waals surface area contributed by atoms with Crippen LogP contribution in [0.5, 0.6) is 0 Å². The SMILES string of the molecule is CC(C)c1cnc(C2=CC=CC[CH-]2)cc1C(C)C.[2H]c1nc(C2=c3sc4c([2H])c([2H])c(C([2H])([2H])[2H])c([2H])c4c3=CC[CH-]2)c([2H])c([2H])c1[2H].[Ir]. The van der Waals surface area contributed by atoms with Gasteiger partial charge >= 0.3 is 0 Å². The third-order valence-corrected chi connectivity index (χ3v) is 7.65. The van der Waals surface area contributed by atoms with Gasteiger partial charge in [0.15, 0.2) is 0 Å². The second kappa shape index (κ2) is 13.0. The Hall–Kier alpha value is -2.91. The molecule has 0 bridgehead atoms. The Labute approximate surface area is 264 Å². The number of aromatic nitrogens is 2. The largest absolute Gasteiger partial charge is 0.321 e. The Morgan fingerprint density at radius 3 is 2.56 bits per heavy atom. The first-order valence-electron chi connectivity index (χ1n) is 17.8. The number of allylic oxidation sites excluding steroid dienone is 4. The zero-order valence-corrected chi connectivity index (χ0v) is 25.5. The first-order chi connectivity index (χ1) is 22.5. The van der Waals surface area contributed by atoms with Gasteiger partial charge in [0, 0.05) is 41.3 Å². The van der Waals surface area contributed by atoms with Gasteiger partial charge in [0.1, 0.15) is 0 Å². The standard InChI is InChI=1S/C18H14NS.C17H22N.Ir/c1-12-8-9-17-15(11-12)13-5-4-6-14(18(13)20-17)16-7-2-3-10-19-16;1-12(2)15-10-17(14-8-6-5-7-9-14)18-11-16(15)13(3)4;/h2-3,5-11H,4H2,1H3;5-6,8-13H,7H2,1-4H3;/q2*-1;/i1D3,2D,3D,7D,8D,9D,10D,11D;;. The number of thiophene rings is 1. The third-order valence-electron chi connectivity index (χ3n) is 6.50. The average Bonchev–Trinajstić information content (AvgIpc) is 3.45. The molecule has 3 aromatic heterocycles. The maximum atomic E-state index is 8.46. The summed E-state index contributed by atoms with van der Waals surface area (Å²) in [4.78, 5) is 8.65. The number of fused-ring (bicyclic) bond motifs is 3. The molecule has 0 saturated heterocycles. The van der Waals surface area contributed by atoms with Crippen LogP contribution in [-0.4, -0.2) is 9.97 Å². The number of hydrogen-bond acceptors (Lipinski definition) is 3. The molecule has 1 radical (unpaired) electrons. The Balaban J connectivity index is 0.000000244. The van der Waals surface area contributed by atoms with Crippen LogP contribution in [0, 0.1) is 19.7 Å². The molecule has 0 atom stereocenters. The third kappa shape index (κ3) is 6.46. The molecule has 0 unspecified atom stereocenters. The fourth-order valence-corrected chi connectivity index (χ4v) is 5.76. The minimum absolute atomic E-state index is 0. The predicted molar refractivity (Wildman–Crippen MR) is 164 cm³/mol. The first-order valence-corrected chi connectivity index (χ1v) is 13.6. The maximum Gasteiger partial charge on any atom is 0.0826 e. The Morgan fingerprint density at radius 2 is 1.82 bits per heavy atom. The van der Waals surface area contributed by atoms with E-state index in [1.54, 1.807) is 12.5 Å². The summed E-state index contributed by atoms with van der Waals surface area (Å²) in [5, 5.41) is 0.805. The molecule has 2 aliphatic carbocycles. The van der Waals surface area contributed by atoms with Crippen molar-refractivity contribution in [2.45, 2.75) is 59.2 Å². The van der Waals surface area contributed by atoms with Crippen LogP contribution in [-0.2, 0) is 20.1 Å². The van der Waals surface area contributed by atoms with Crippen molar-refractivity contribution in [2.75, 3.05) is 0 Å². The van der Waals surface area contributed by atoms with E-state index in [1.165, 1.54) is 16.7 Å². The molecule has 39 heavy (non-hydrogen) atoms. The second-order valence-electron chi connectivity index (χ2n) is 9.80. The van der Waals surface area contributed by atoms with Gasteiger partial charge in [0.05, 0.1) is 9.60 Å². The van der Waals surface area contributed by atoms with Crippen molar-refractivity contribution in [1.29, 1.82) is 0 Å². The van der Waals surface area contributed by atoms with Crippen molar-refractivity contribution in [2.24, 2.45) is 0 Å². The van der Waals surface area contributed by atoms with Gasteiger partial charge in [-0.1, -0.05) is 97.7 Å². The molecular formula is C35H36IrN2S-2. The van der Waals surface area contributed by atoms with Crippen LogP contribution in [0.4, 0.5) is 0 Å². The number of hydrogen-bond donors (Lipinski definition) is 0. The molecule has 4 aromatic rings. The van der Waals surface area contributed by atoms with Gasteiger partial charge in [-0.25, -0.2) is 11.3 Å². The van der Waals surface area contributed by atoms with Crippen molar-refractivity contribution in [3.8, 4) is 0 Å². The van der Waals surface area contributed by atoms with E-state index in [0.29, 0.717) is 38.3 Å². The summed E-state index contributed by atoms with van der Waals surface area (Å²) in [5.74, 6) is 1.08. The zero-order chi connectivity index (χ0) is 35.2. The summed E-state index contributed by atoms with van der Waals surface area (Å²) in [6.07, 6.45) is 15.2. The fourth-order valence-electron chi connectivity index (χ4n) is 4.60. The van der Waals surface area contributed by atoms with Crippen LogP contribution in [0.3, 0.4) is 0 Å². The van der Waals surface area contributed by atoms with E-state index in [4.69, 9.17) is 13.7 Å². The van der Waals surface area contributed by atoms with E-state index < -0.39 is 36.7 Å². The van der Waals surface area contributed by atoms with Gasteiger partial charge < -0.3 is 9.97 Å². The molecule has 0 amide bonds. The molecule has 0 saturated carbocycles. The van der Waals surface area contributed by atoms with E-state index in [0.717, 1.165) is 23.5 Å². The monoisotopic (exact) mass is 719 g/mol. The molecule has 0 N–H and O–H groups in total. The molecule has 0 spiro atoms. The Morgan fingerprint density at radius 1 is 0.974 bits per heavy atom. The maximum absolute atomic E-state index is 8.46. The molecule has 2 nitrogen and oxygen atoms in total. The zero-order valence-electron chi connectivity index (χ0n) is 32.3. The van der Waals surface area contributed by atoms with Gasteiger partial charge in [-0.3, -0.25) is 0 Å². The van der Waals surface area contributed by atoms with Crippen molar-refractivity contribution in [1.82, 2.24) is 9.97 Å². The molecule has 0 aliphatic heterocycles. The predicted octanol–water partition coefficient (Wildman–Crippen LogP) is 8.07. The topological polar surface area (TPSA) is 25.8 Å². The Bertz CT molecular complexity index is 2110. The summed E-state index contributed by atoms with van der Waals surface area (Å²) in [7, 11) is 0. The van der Waals surface area contributed by atoms with Crippen molar-refractivity contribution in [3.05, 3.63) is 124 Å². The summed E-state index contributed by atoms with van der Waals surface area (Å²) >= 11 is 1.10. The minimum Gasteiger partial charge on any atom is -0.321 e. The van der Waals surface area contributed by atoms with E-state index in [-0.39, 0.29) is 49.3 Å². The molecule has 6 rings (SSSR count). The van der Waals surface area contributed by atoms with Crippen LogP contribution in [0.1, 0.15) is 94.2 Å². The first kappa shape index (κ1) is 18.4. The summed E-state index contributed by atoms with van der Waals surface area (Å²) in [5.41, 5.74) is 5.19. The normalized spacial score (nSPS) is 17.9. The van der Waals surface area contributed by atoms with Crippen LogP contribution in [0.15, 0.2) is 72.9 Å². The summed E-state index contributed by atoms with van der Waals surface area (Å²) in [6, 6.07) is 0.0214. The van der Waals surface area contributed by atoms with Crippen molar-refractivity contribution < 1.29 is 33.8 Å². The number of rotatable bonds is 4. The summed E-state index contributed by atoms with van der Waals surface area (Å²) in [6.45, 7) is 6.27. The van der Waals surface area contributed by atoms with Crippen LogP contribution in [0.2, 0.25) is 0 Å². The fraction of sp³-hybridized carbons (Fsp3) is 0.257. The van der Waals surface area contributed by atoms with E-state index in [1.807, 2.05) is 0 Å². The van der Waals surface area contributed by atoms with Gasteiger partial charge in [-0.15, -0.1) is 17.7 Å². The van der Waals surface area contributed by atoms with E-state index >= 15 is 0 Å². The van der Waals surface area contributed by atoms with Crippen molar-refractivity contribution >= 4 is 38.6 Å². The van der Waals surface area contributed by atoms with Gasteiger partial charge in [-0.2, -0.15) is 24.5 Å². The van der Waals surface area contributed by atoms with Crippen LogP contribution in [0.25, 0.3) is 27.3 Å². The van der Waals surface area contributed by atoms with Gasteiger partial charge in [-0.05, 0) is 53.1 Å². The quantitative estimate of drug-likeness (QED) is 0.200. The second-order valence-corrected chi connectivity index (χ2v) is 10.8. The molecule has 4 heteroatoms. The average molecular weight is 719 g/mol. The van der Waals surface area contributed by atoms with E-state index in [9.17, 15) is 0 Å². The van der Waals surface area contributed by atoms with Gasteiger partial charge in [0.2, 0.25) is 0 Å². The van der Waals surface area contributed by atoms with Crippen molar-refractivity contribution in [3.63, 3.8) is 0 Å². The minimum atomic E-state index is -2.71. The molecule has 203 valence electrons. The van der Waals surface area contributed by atoms with E-state index in [2.05, 4.69) is 74.6 Å². The summed E-state index contributed by atoms with van der Waals surface area (Å²) < 4.78 is 80.4. The smallest absolute Gasteiger partial charge is 0.0826 e. The number of benzene rings is 1. The van der Waals surface area contributed by atoms with Gasteiger partial charge in [0.25, 0.3) is 0 Å². The molecular weight excluding hydrogens is 673 g/mol. The van der Waals surface area contributed by atoms with Crippen LogP contribution < -0.4 is 9.75 Å². The molecule has 3 heterocycles. The molecule has 1 aromatic carbocycles. The molecule has 2 aliphatic rings.